The number of alkyl halides is 3. The number of sulfonamides is 1. The highest BCUT2D eigenvalue weighted by Crippen LogP contribution is 2.30. The number of benzene rings is 1. The van der Waals surface area contributed by atoms with E-state index < -0.39 is 21.8 Å². The van der Waals surface area contributed by atoms with Crippen LogP contribution in [-0.4, -0.2) is 38.6 Å². The summed E-state index contributed by atoms with van der Waals surface area (Å²) in [7, 11) is -3.10. The Kier molecular flexibility index (Phi) is 4.84. The highest BCUT2D eigenvalue weighted by molar-refractivity contribution is 7.88. The highest BCUT2D eigenvalue weighted by atomic mass is 32.2. The zero-order chi connectivity index (χ0) is 16.5. The van der Waals surface area contributed by atoms with Crippen molar-refractivity contribution >= 4 is 10.0 Å². The van der Waals surface area contributed by atoms with Gasteiger partial charge in [0.15, 0.2) is 0 Å². The van der Waals surface area contributed by atoms with E-state index in [4.69, 9.17) is 0 Å². The van der Waals surface area contributed by atoms with Crippen LogP contribution < -0.4 is 5.32 Å². The standard InChI is InChI=1S/C14H19F3N2O2S/c1-10-5-13(14(15,16)17)4-3-12(10)7-18-6-11-8-19(9-11)22(2,20)21/h3-5,11,18H,6-9H2,1-2H3. The Morgan fingerprint density at radius 2 is 1.95 bits per heavy atom. The summed E-state index contributed by atoms with van der Waals surface area (Å²) in [6.07, 6.45) is -3.14. The molecule has 0 spiro atoms. The van der Waals surface area contributed by atoms with Crippen LogP contribution in [0, 0.1) is 12.8 Å². The highest BCUT2D eigenvalue weighted by Gasteiger charge is 2.33. The number of halogens is 3. The second kappa shape index (κ2) is 6.17. The van der Waals surface area contributed by atoms with E-state index >= 15 is 0 Å². The molecule has 0 aromatic heterocycles. The second-order valence-electron chi connectivity index (χ2n) is 5.72. The fraction of sp³-hybridized carbons (Fsp3) is 0.571. The Bertz CT molecular complexity index is 638. The lowest BCUT2D eigenvalue weighted by atomic mass is 10.0. The number of hydrogen-bond donors (Lipinski definition) is 1. The number of aryl methyl sites for hydroxylation is 1. The van der Waals surface area contributed by atoms with Crippen molar-refractivity contribution in [2.24, 2.45) is 5.92 Å². The van der Waals surface area contributed by atoms with Crippen LogP contribution in [0.2, 0.25) is 0 Å². The summed E-state index contributed by atoms with van der Waals surface area (Å²) in [5.41, 5.74) is 0.762. The molecule has 4 nitrogen and oxygen atoms in total. The van der Waals surface area contributed by atoms with Gasteiger partial charge in [-0.25, -0.2) is 12.7 Å². The van der Waals surface area contributed by atoms with Crippen LogP contribution in [0.5, 0.6) is 0 Å². The van der Waals surface area contributed by atoms with Gasteiger partial charge in [0.25, 0.3) is 0 Å². The van der Waals surface area contributed by atoms with Crippen LogP contribution in [0.4, 0.5) is 13.2 Å². The first-order chi connectivity index (χ1) is 10.1. The summed E-state index contributed by atoms with van der Waals surface area (Å²) in [6, 6.07) is 3.71. The summed E-state index contributed by atoms with van der Waals surface area (Å²) in [4.78, 5) is 0. The van der Waals surface area contributed by atoms with Gasteiger partial charge < -0.3 is 5.32 Å². The lowest BCUT2D eigenvalue weighted by Crippen LogP contribution is -2.52. The average molecular weight is 336 g/mol. The molecule has 1 aliphatic heterocycles. The molecule has 22 heavy (non-hydrogen) atoms. The van der Waals surface area contributed by atoms with Gasteiger partial charge in [-0.05, 0) is 36.1 Å². The molecular formula is C14H19F3N2O2S. The maximum atomic E-state index is 12.6. The third-order valence-electron chi connectivity index (χ3n) is 3.81. The Hall–Kier alpha value is -1.12. The molecule has 124 valence electrons. The molecule has 1 heterocycles. The molecule has 1 fully saturated rings. The molecule has 1 aromatic rings. The van der Waals surface area contributed by atoms with Crippen LogP contribution in [0.1, 0.15) is 16.7 Å². The van der Waals surface area contributed by atoms with Gasteiger partial charge in [0.2, 0.25) is 10.0 Å². The Balaban J connectivity index is 1.81. The van der Waals surface area contributed by atoms with Gasteiger partial charge in [0.1, 0.15) is 0 Å². The topological polar surface area (TPSA) is 49.4 Å². The van der Waals surface area contributed by atoms with E-state index in [2.05, 4.69) is 5.32 Å². The molecule has 1 aliphatic rings. The summed E-state index contributed by atoms with van der Waals surface area (Å²) in [6.45, 7) is 3.77. The Morgan fingerprint density at radius 1 is 1.32 bits per heavy atom. The van der Waals surface area contributed by atoms with E-state index in [1.165, 1.54) is 16.6 Å². The van der Waals surface area contributed by atoms with Gasteiger partial charge in [-0.15, -0.1) is 0 Å². The molecule has 1 N–H and O–H groups in total. The summed E-state index contributed by atoms with van der Waals surface area (Å²) >= 11 is 0. The van der Waals surface area contributed by atoms with E-state index in [1.54, 1.807) is 6.92 Å². The predicted molar refractivity (Wildman–Crippen MR) is 77.8 cm³/mol. The maximum absolute atomic E-state index is 12.6. The quantitative estimate of drug-likeness (QED) is 0.895. The molecule has 2 rings (SSSR count). The van der Waals surface area contributed by atoms with Crippen molar-refractivity contribution in [2.45, 2.75) is 19.6 Å². The van der Waals surface area contributed by atoms with Crippen molar-refractivity contribution in [1.29, 1.82) is 0 Å². The van der Waals surface area contributed by atoms with Crippen LogP contribution in [0.25, 0.3) is 0 Å². The van der Waals surface area contributed by atoms with Crippen LogP contribution in [-0.2, 0) is 22.7 Å². The average Bonchev–Trinajstić information content (AvgIpc) is 2.30. The van der Waals surface area contributed by atoms with Gasteiger partial charge in [-0.3, -0.25) is 0 Å². The first-order valence-corrected chi connectivity index (χ1v) is 8.75. The molecule has 0 atom stereocenters. The Morgan fingerprint density at radius 3 is 2.45 bits per heavy atom. The van der Waals surface area contributed by atoms with E-state index in [9.17, 15) is 21.6 Å². The van der Waals surface area contributed by atoms with Crippen LogP contribution >= 0.6 is 0 Å². The van der Waals surface area contributed by atoms with Crippen molar-refractivity contribution in [3.05, 3.63) is 34.9 Å². The van der Waals surface area contributed by atoms with Gasteiger partial charge >= 0.3 is 6.18 Å². The van der Waals surface area contributed by atoms with Crippen molar-refractivity contribution in [3.63, 3.8) is 0 Å². The monoisotopic (exact) mass is 336 g/mol. The second-order valence-corrected chi connectivity index (χ2v) is 7.70. The first-order valence-electron chi connectivity index (χ1n) is 6.90. The Labute approximate surface area is 128 Å². The first kappa shape index (κ1) is 17.2. The van der Waals surface area contributed by atoms with E-state index in [0.717, 1.165) is 17.7 Å². The van der Waals surface area contributed by atoms with E-state index in [0.29, 0.717) is 31.7 Å². The predicted octanol–water partition coefficient (Wildman–Crippen LogP) is 1.99. The maximum Gasteiger partial charge on any atom is 0.416 e. The molecule has 0 radical (unpaired) electrons. The van der Waals surface area contributed by atoms with Gasteiger partial charge in [0, 0.05) is 26.2 Å². The van der Waals surface area contributed by atoms with E-state index in [1.807, 2.05) is 0 Å². The number of rotatable bonds is 5. The fourth-order valence-electron chi connectivity index (χ4n) is 2.40. The minimum Gasteiger partial charge on any atom is -0.312 e. The largest absolute Gasteiger partial charge is 0.416 e. The molecule has 0 aliphatic carbocycles. The van der Waals surface area contributed by atoms with Crippen LogP contribution in [0.3, 0.4) is 0 Å². The summed E-state index contributed by atoms with van der Waals surface area (Å²) in [5.74, 6) is 0.254. The fourth-order valence-corrected chi connectivity index (χ4v) is 3.37. The zero-order valence-electron chi connectivity index (χ0n) is 12.4. The SMILES string of the molecule is Cc1cc(C(F)(F)F)ccc1CNCC1CN(S(C)(=O)=O)C1. The van der Waals surface area contributed by atoms with Crippen molar-refractivity contribution in [1.82, 2.24) is 9.62 Å². The summed E-state index contributed by atoms with van der Waals surface area (Å²) in [5, 5.41) is 3.17. The molecule has 1 aromatic carbocycles. The smallest absolute Gasteiger partial charge is 0.312 e. The number of nitrogens with one attached hydrogen (secondary N) is 1. The third-order valence-corrected chi connectivity index (χ3v) is 5.05. The number of nitrogens with zero attached hydrogens (tertiary/aromatic N) is 1. The molecule has 0 bridgehead atoms. The molecule has 0 saturated carbocycles. The third kappa shape index (κ3) is 4.21. The van der Waals surface area contributed by atoms with Crippen molar-refractivity contribution < 1.29 is 21.6 Å². The molecule has 0 amide bonds. The summed E-state index contributed by atoms with van der Waals surface area (Å²) < 4.78 is 61.6. The molecule has 0 unspecified atom stereocenters. The van der Waals surface area contributed by atoms with Crippen molar-refractivity contribution in [2.75, 3.05) is 25.9 Å². The van der Waals surface area contributed by atoms with Gasteiger partial charge in [-0.1, -0.05) is 6.07 Å². The molecule has 8 heteroatoms. The van der Waals surface area contributed by atoms with Gasteiger partial charge in [-0.2, -0.15) is 13.2 Å². The van der Waals surface area contributed by atoms with Gasteiger partial charge in [0.05, 0.1) is 11.8 Å². The molecule has 1 saturated heterocycles. The molecular weight excluding hydrogens is 317 g/mol. The van der Waals surface area contributed by atoms with Crippen molar-refractivity contribution in [3.8, 4) is 0 Å². The minimum atomic E-state index is -4.32. The lowest BCUT2D eigenvalue weighted by molar-refractivity contribution is -0.137. The normalized spacial score (nSPS) is 17.5. The lowest BCUT2D eigenvalue weighted by Gasteiger charge is -2.37. The zero-order valence-corrected chi connectivity index (χ0v) is 13.3. The number of hydrogen-bond acceptors (Lipinski definition) is 3. The minimum absolute atomic E-state index is 0.254. The van der Waals surface area contributed by atoms with E-state index in [-0.39, 0.29) is 5.92 Å². The van der Waals surface area contributed by atoms with Crippen LogP contribution in [0.15, 0.2) is 18.2 Å².